The van der Waals surface area contributed by atoms with Gasteiger partial charge in [-0.05, 0) is 44.2 Å². The van der Waals surface area contributed by atoms with Crippen molar-refractivity contribution in [3.05, 3.63) is 28.2 Å². The van der Waals surface area contributed by atoms with Crippen molar-refractivity contribution in [2.75, 3.05) is 5.75 Å². The van der Waals surface area contributed by atoms with Crippen LogP contribution < -0.4 is 0 Å². The molecule has 1 aromatic rings. The summed E-state index contributed by atoms with van der Waals surface area (Å²) < 4.78 is 0. The molecule has 17 heavy (non-hydrogen) atoms. The van der Waals surface area contributed by atoms with Gasteiger partial charge in [0.2, 0.25) is 0 Å². The van der Waals surface area contributed by atoms with Crippen LogP contribution in [0.5, 0.6) is 0 Å². The summed E-state index contributed by atoms with van der Waals surface area (Å²) in [5, 5.41) is 10.0. The zero-order chi connectivity index (χ0) is 13.1. The Morgan fingerprint density at radius 2 is 2.00 bits per heavy atom. The van der Waals surface area contributed by atoms with Crippen LogP contribution in [0.4, 0.5) is 0 Å². The van der Waals surface area contributed by atoms with Crippen molar-refractivity contribution >= 4 is 40.9 Å². The Hall–Kier alpha value is -0.380. The van der Waals surface area contributed by atoms with Gasteiger partial charge in [0.05, 0.1) is 15.5 Å². The van der Waals surface area contributed by atoms with E-state index in [1.165, 1.54) is 0 Å². The third kappa shape index (κ3) is 4.41. The van der Waals surface area contributed by atoms with Gasteiger partial charge in [-0.15, -0.1) is 11.8 Å². The maximum absolute atomic E-state index is 10.9. The summed E-state index contributed by atoms with van der Waals surface area (Å²) in [6.07, 6.45) is 0.604. The molecule has 94 valence electrons. The Morgan fingerprint density at radius 3 is 2.53 bits per heavy atom. The van der Waals surface area contributed by atoms with Gasteiger partial charge in [-0.25, -0.2) is 0 Å². The van der Waals surface area contributed by atoms with Gasteiger partial charge in [0.15, 0.2) is 0 Å². The van der Waals surface area contributed by atoms with E-state index < -0.39 is 11.4 Å². The van der Waals surface area contributed by atoms with Crippen molar-refractivity contribution in [3.8, 4) is 0 Å². The molecule has 0 aliphatic carbocycles. The predicted molar refractivity (Wildman–Crippen MR) is 73.2 cm³/mol. The van der Waals surface area contributed by atoms with E-state index in [4.69, 9.17) is 28.3 Å². The Bertz CT molecular complexity index is 419. The molecule has 1 aromatic carbocycles. The normalized spacial score (nSPS) is 11.5. The van der Waals surface area contributed by atoms with Gasteiger partial charge in [0, 0.05) is 4.90 Å². The van der Waals surface area contributed by atoms with E-state index in [1.54, 1.807) is 37.7 Å². The number of hydrogen-bond acceptors (Lipinski definition) is 2. The Kier molecular flexibility index (Phi) is 5.17. The molecule has 0 aliphatic heterocycles. The highest BCUT2D eigenvalue weighted by Crippen LogP contribution is 2.30. The lowest BCUT2D eigenvalue weighted by molar-refractivity contribution is -0.146. The average Bonchev–Trinajstić information content (AvgIpc) is 2.23. The topological polar surface area (TPSA) is 37.3 Å². The Balaban J connectivity index is 2.51. The smallest absolute Gasteiger partial charge is 0.309 e. The van der Waals surface area contributed by atoms with Crippen LogP contribution in [-0.4, -0.2) is 16.8 Å². The lowest BCUT2D eigenvalue weighted by atomic mass is 9.91. The molecule has 1 N–H and O–H groups in total. The number of carboxylic acids is 1. The fraction of sp³-hybridized carbons (Fsp3) is 0.417. The van der Waals surface area contributed by atoms with Gasteiger partial charge < -0.3 is 5.11 Å². The van der Waals surface area contributed by atoms with Crippen LogP contribution in [0.2, 0.25) is 10.0 Å². The molecule has 1 rings (SSSR count). The molecule has 0 radical (unpaired) electrons. The molecular formula is C12H14Cl2O2S. The number of rotatable bonds is 5. The molecule has 0 aliphatic rings. The van der Waals surface area contributed by atoms with Gasteiger partial charge in [0.25, 0.3) is 0 Å². The number of halogens is 2. The standard InChI is InChI=1S/C12H14Cl2O2S/c1-12(2,11(15)16)5-6-17-8-3-4-9(13)10(14)7-8/h3-4,7H,5-6H2,1-2H3,(H,15,16). The molecule has 0 saturated carbocycles. The first-order valence-electron chi connectivity index (χ1n) is 5.14. The van der Waals surface area contributed by atoms with Crippen LogP contribution in [0.15, 0.2) is 23.1 Å². The van der Waals surface area contributed by atoms with Crippen LogP contribution in [0.25, 0.3) is 0 Å². The second-order valence-corrected chi connectivity index (χ2v) is 6.35. The number of benzene rings is 1. The van der Waals surface area contributed by atoms with E-state index in [1.807, 2.05) is 6.07 Å². The molecule has 0 spiro atoms. The van der Waals surface area contributed by atoms with Gasteiger partial charge in [-0.2, -0.15) is 0 Å². The van der Waals surface area contributed by atoms with E-state index in [9.17, 15) is 4.79 Å². The van der Waals surface area contributed by atoms with Crippen molar-refractivity contribution in [2.24, 2.45) is 5.41 Å². The van der Waals surface area contributed by atoms with E-state index in [2.05, 4.69) is 0 Å². The number of hydrogen-bond donors (Lipinski definition) is 1. The van der Waals surface area contributed by atoms with Crippen LogP contribution >= 0.6 is 35.0 Å². The molecule has 0 bridgehead atoms. The summed E-state index contributed by atoms with van der Waals surface area (Å²) in [5.74, 6) is -0.0377. The number of aliphatic carboxylic acids is 1. The second kappa shape index (κ2) is 5.98. The molecule has 0 unspecified atom stereocenters. The fourth-order valence-corrected chi connectivity index (χ4v) is 2.67. The average molecular weight is 293 g/mol. The minimum atomic E-state index is -0.771. The molecule has 0 saturated heterocycles. The number of carbonyl (C=O) groups is 1. The molecule has 2 nitrogen and oxygen atoms in total. The van der Waals surface area contributed by atoms with E-state index in [0.717, 1.165) is 10.6 Å². The van der Waals surface area contributed by atoms with Gasteiger partial charge in [0.1, 0.15) is 0 Å². The molecular weight excluding hydrogens is 279 g/mol. The minimum absolute atomic E-state index is 0.522. The van der Waals surface area contributed by atoms with Crippen molar-refractivity contribution in [1.29, 1.82) is 0 Å². The molecule has 5 heteroatoms. The first-order valence-corrected chi connectivity index (χ1v) is 6.88. The van der Waals surface area contributed by atoms with Gasteiger partial charge in [-0.3, -0.25) is 4.79 Å². The van der Waals surface area contributed by atoms with Crippen molar-refractivity contribution in [3.63, 3.8) is 0 Å². The maximum Gasteiger partial charge on any atom is 0.309 e. The summed E-state index contributed by atoms with van der Waals surface area (Å²) in [6.45, 7) is 3.45. The lowest BCUT2D eigenvalue weighted by Gasteiger charge is -2.18. The third-order valence-corrected chi connectivity index (χ3v) is 4.20. The summed E-state index contributed by atoms with van der Waals surface area (Å²) in [7, 11) is 0. The summed E-state index contributed by atoms with van der Waals surface area (Å²) in [6, 6.07) is 5.42. The molecule has 0 heterocycles. The Morgan fingerprint density at radius 1 is 1.35 bits per heavy atom. The minimum Gasteiger partial charge on any atom is -0.481 e. The molecule has 0 fully saturated rings. The van der Waals surface area contributed by atoms with E-state index in [0.29, 0.717) is 16.5 Å². The quantitative estimate of drug-likeness (QED) is 0.807. The zero-order valence-corrected chi connectivity index (χ0v) is 12.0. The second-order valence-electron chi connectivity index (χ2n) is 4.36. The van der Waals surface area contributed by atoms with E-state index in [-0.39, 0.29) is 0 Å². The first kappa shape index (κ1) is 14.7. The third-order valence-electron chi connectivity index (χ3n) is 2.47. The molecule has 0 amide bonds. The van der Waals surface area contributed by atoms with Crippen LogP contribution in [0, 0.1) is 5.41 Å². The monoisotopic (exact) mass is 292 g/mol. The molecule has 0 aromatic heterocycles. The van der Waals surface area contributed by atoms with Crippen LogP contribution in [0.3, 0.4) is 0 Å². The lowest BCUT2D eigenvalue weighted by Crippen LogP contribution is -2.24. The van der Waals surface area contributed by atoms with Crippen LogP contribution in [0.1, 0.15) is 20.3 Å². The van der Waals surface area contributed by atoms with Gasteiger partial charge >= 0.3 is 5.97 Å². The van der Waals surface area contributed by atoms with Crippen molar-refractivity contribution < 1.29 is 9.90 Å². The summed E-state index contributed by atoms with van der Waals surface area (Å²) in [5.41, 5.74) is -0.691. The van der Waals surface area contributed by atoms with Crippen molar-refractivity contribution in [2.45, 2.75) is 25.2 Å². The number of carboxylic acid groups (broad SMARTS) is 1. The highest BCUT2D eigenvalue weighted by Gasteiger charge is 2.26. The van der Waals surface area contributed by atoms with Crippen LogP contribution in [-0.2, 0) is 4.79 Å². The highest BCUT2D eigenvalue weighted by atomic mass is 35.5. The zero-order valence-electron chi connectivity index (χ0n) is 9.67. The highest BCUT2D eigenvalue weighted by molar-refractivity contribution is 7.99. The van der Waals surface area contributed by atoms with E-state index >= 15 is 0 Å². The largest absolute Gasteiger partial charge is 0.481 e. The SMILES string of the molecule is CC(C)(CCSc1ccc(Cl)c(Cl)c1)C(=O)O. The predicted octanol–water partition coefficient (Wildman–Crippen LogP) is 4.59. The van der Waals surface area contributed by atoms with Crippen molar-refractivity contribution in [1.82, 2.24) is 0 Å². The number of thioether (sulfide) groups is 1. The first-order chi connectivity index (χ1) is 7.83. The molecule has 0 atom stereocenters. The fourth-order valence-electron chi connectivity index (χ4n) is 1.10. The van der Waals surface area contributed by atoms with Gasteiger partial charge in [-0.1, -0.05) is 23.2 Å². The summed E-state index contributed by atoms with van der Waals surface area (Å²) in [4.78, 5) is 11.9. The summed E-state index contributed by atoms with van der Waals surface area (Å²) >= 11 is 13.3. The maximum atomic E-state index is 10.9. The Labute approximate surface area is 115 Å².